The SMILES string of the molecule is Cc1ncccc1-n1c(O)c(C)c(=O)[nH]c1=O. The number of aromatic hydroxyl groups is 1. The summed E-state index contributed by atoms with van der Waals surface area (Å²) in [6.07, 6.45) is 1.58. The minimum atomic E-state index is -0.686. The summed E-state index contributed by atoms with van der Waals surface area (Å²) < 4.78 is 1.03. The molecule has 0 saturated heterocycles. The molecule has 0 spiro atoms. The van der Waals surface area contributed by atoms with Gasteiger partial charge in [0.15, 0.2) is 0 Å². The van der Waals surface area contributed by atoms with Crippen molar-refractivity contribution in [1.29, 1.82) is 0 Å². The van der Waals surface area contributed by atoms with E-state index in [1.54, 1.807) is 25.3 Å². The summed E-state index contributed by atoms with van der Waals surface area (Å²) in [7, 11) is 0. The highest BCUT2D eigenvalue weighted by atomic mass is 16.3. The van der Waals surface area contributed by atoms with E-state index >= 15 is 0 Å². The lowest BCUT2D eigenvalue weighted by Gasteiger charge is -2.10. The van der Waals surface area contributed by atoms with Crippen LogP contribution in [0, 0.1) is 13.8 Å². The lowest BCUT2D eigenvalue weighted by atomic mass is 10.3. The Labute approximate surface area is 96.2 Å². The van der Waals surface area contributed by atoms with Gasteiger partial charge in [-0.3, -0.25) is 14.8 Å². The molecule has 0 unspecified atom stereocenters. The van der Waals surface area contributed by atoms with Gasteiger partial charge in [-0.2, -0.15) is 0 Å². The third-order valence-corrected chi connectivity index (χ3v) is 2.53. The molecule has 2 aromatic rings. The Hall–Kier alpha value is -2.37. The van der Waals surface area contributed by atoms with Crippen molar-refractivity contribution < 1.29 is 5.11 Å². The van der Waals surface area contributed by atoms with Crippen LogP contribution >= 0.6 is 0 Å². The van der Waals surface area contributed by atoms with Crippen LogP contribution in [0.3, 0.4) is 0 Å². The quantitative estimate of drug-likeness (QED) is 0.738. The zero-order valence-electron chi connectivity index (χ0n) is 9.39. The second kappa shape index (κ2) is 3.89. The summed E-state index contributed by atoms with van der Waals surface area (Å²) in [6.45, 7) is 3.15. The zero-order chi connectivity index (χ0) is 12.6. The molecule has 2 rings (SSSR count). The van der Waals surface area contributed by atoms with E-state index in [9.17, 15) is 14.7 Å². The van der Waals surface area contributed by atoms with E-state index in [-0.39, 0.29) is 11.4 Å². The van der Waals surface area contributed by atoms with Crippen LogP contribution in [-0.4, -0.2) is 19.6 Å². The number of hydrogen-bond donors (Lipinski definition) is 2. The first-order valence-electron chi connectivity index (χ1n) is 4.99. The van der Waals surface area contributed by atoms with Gasteiger partial charge in [-0.05, 0) is 26.0 Å². The molecule has 0 fully saturated rings. The summed E-state index contributed by atoms with van der Waals surface area (Å²) in [5.74, 6) is -0.366. The van der Waals surface area contributed by atoms with E-state index in [1.165, 1.54) is 6.92 Å². The molecule has 0 aliphatic carbocycles. The third-order valence-electron chi connectivity index (χ3n) is 2.53. The second-order valence-corrected chi connectivity index (χ2v) is 3.65. The van der Waals surface area contributed by atoms with Crippen LogP contribution in [0.5, 0.6) is 5.88 Å². The average Bonchev–Trinajstić information content (AvgIpc) is 2.29. The molecular formula is C11H11N3O3. The van der Waals surface area contributed by atoms with Crippen LogP contribution in [0.15, 0.2) is 27.9 Å². The maximum atomic E-state index is 11.7. The fraction of sp³-hybridized carbons (Fsp3) is 0.182. The van der Waals surface area contributed by atoms with Crippen LogP contribution < -0.4 is 11.2 Å². The van der Waals surface area contributed by atoms with Gasteiger partial charge in [-0.25, -0.2) is 9.36 Å². The van der Waals surface area contributed by atoms with Gasteiger partial charge < -0.3 is 5.11 Å². The van der Waals surface area contributed by atoms with Crippen LogP contribution in [0.25, 0.3) is 5.69 Å². The van der Waals surface area contributed by atoms with E-state index in [2.05, 4.69) is 9.97 Å². The van der Waals surface area contributed by atoms with Gasteiger partial charge in [0.1, 0.15) is 0 Å². The Kier molecular flexibility index (Phi) is 2.55. The van der Waals surface area contributed by atoms with E-state index in [1.807, 2.05) is 0 Å². The molecule has 2 aromatic heterocycles. The van der Waals surface area contributed by atoms with E-state index in [4.69, 9.17) is 0 Å². The number of aromatic amines is 1. The number of aromatic nitrogens is 3. The van der Waals surface area contributed by atoms with Crippen molar-refractivity contribution in [2.24, 2.45) is 0 Å². The first kappa shape index (κ1) is 11.1. The predicted molar refractivity (Wildman–Crippen MR) is 61.6 cm³/mol. The Morgan fingerprint density at radius 2 is 2.06 bits per heavy atom. The largest absolute Gasteiger partial charge is 0.494 e. The number of hydrogen-bond acceptors (Lipinski definition) is 4. The number of aryl methyl sites for hydroxylation is 1. The van der Waals surface area contributed by atoms with Crippen LogP contribution in [0.2, 0.25) is 0 Å². The predicted octanol–water partition coefficient (Wildman–Crippen LogP) is 0.243. The number of rotatable bonds is 1. The summed E-state index contributed by atoms with van der Waals surface area (Å²) in [4.78, 5) is 29.1. The van der Waals surface area contributed by atoms with Gasteiger partial charge in [-0.15, -0.1) is 0 Å². The van der Waals surface area contributed by atoms with Crippen molar-refractivity contribution in [2.45, 2.75) is 13.8 Å². The summed E-state index contributed by atoms with van der Waals surface area (Å²) in [5.41, 5.74) is -0.168. The molecule has 2 N–H and O–H groups in total. The Bertz CT molecular complexity index is 685. The van der Waals surface area contributed by atoms with Gasteiger partial charge in [-0.1, -0.05) is 0 Å². The fourth-order valence-electron chi connectivity index (χ4n) is 1.55. The highest BCUT2D eigenvalue weighted by molar-refractivity contribution is 5.40. The number of pyridine rings is 1. The monoisotopic (exact) mass is 233 g/mol. The van der Waals surface area contributed by atoms with Crippen LogP contribution in [0.1, 0.15) is 11.3 Å². The smallest absolute Gasteiger partial charge is 0.335 e. The van der Waals surface area contributed by atoms with Gasteiger partial charge in [0.05, 0.1) is 16.9 Å². The fourth-order valence-corrected chi connectivity index (χ4v) is 1.55. The second-order valence-electron chi connectivity index (χ2n) is 3.65. The van der Waals surface area contributed by atoms with Crippen molar-refractivity contribution in [1.82, 2.24) is 14.5 Å². The first-order valence-corrected chi connectivity index (χ1v) is 4.99. The summed E-state index contributed by atoms with van der Waals surface area (Å²) in [6, 6.07) is 3.29. The minimum Gasteiger partial charge on any atom is -0.494 e. The standard InChI is InChI=1S/C11H11N3O3/c1-6-9(15)13-11(17)14(10(6)16)8-4-3-5-12-7(8)2/h3-5,16H,1-2H3,(H,13,15,17). The molecular weight excluding hydrogens is 222 g/mol. The van der Waals surface area contributed by atoms with Gasteiger partial charge in [0.2, 0.25) is 5.88 Å². The Morgan fingerprint density at radius 1 is 1.35 bits per heavy atom. The van der Waals surface area contributed by atoms with Crippen LogP contribution in [0.4, 0.5) is 0 Å². The van der Waals surface area contributed by atoms with Crippen molar-refractivity contribution in [3.63, 3.8) is 0 Å². The number of nitrogens with zero attached hydrogens (tertiary/aromatic N) is 2. The maximum absolute atomic E-state index is 11.7. The minimum absolute atomic E-state index is 0.0906. The molecule has 0 bridgehead atoms. The molecule has 0 aromatic carbocycles. The van der Waals surface area contributed by atoms with Crippen molar-refractivity contribution in [3.8, 4) is 11.6 Å². The highest BCUT2D eigenvalue weighted by Crippen LogP contribution is 2.16. The molecule has 0 aliphatic heterocycles. The molecule has 0 amide bonds. The molecule has 2 heterocycles. The highest BCUT2D eigenvalue weighted by Gasteiger charge is 2.13. The zero-order valence-corrected chi connectivity index (χ0v) is 9.39. The molecule has 6 nitrogen and oxygen atoms in total. The summed E-state index contributed by atoms with van der Waals surface area (Å²) >= 11 is 0. The van der Waals surface area contributed by atoms with Crippen molar-refractivity contribution in [3.05, 3.63) is 50.4 Å². The normalized spacial score (nSPS) is 10.5. The first-order chi connectivity index (χ1) is 8.02. The number of H-pyrrole nitrogens is 1. The molecule has 0 aliphatic rings. The molecule has 88 valence electrons. The molecule has 0 saturated carbocycles. The van der Waals surface area contributed by atoms with Gasteiger partial charge >= 0.3 is 5.69 Å². The van der Waals surface area contributed by atoms with E-state index in [0.717, 1.165) is 4.57 Å². The van der Waals surface area contributed by atoms with Crippen LogP contribution in [-0.2, 0) is 0 Å². The Balaban J connectivity index is 2.87. The van der Waals surface area contributed by atoms with Crippen molar-refractivity contribution in [2.75, 3.05) is 0 Å². The lowest BCUT2D eigenvalue weighted by molar-refractivity contribution is 0.425. The van der Waals surface area contributed by atoms with E-state index in [0.29, 0.717) is 11.4 Å². The van der Waals surface area contributed by atoms with Gasteiger partial charge in [0.25, 0.3) is 5.56 Å². The topological polar surface area (TPSA) is 88.0 Å². The molecule has 0 radical (unpaired) electrons. The summed E-state index contributed by atoms with van der Waals surface area (Å²) in [5, 5.41) is 9.85. The van der Waals surface area contributed by atoms with Crippen molar-refractivity contribution >= 4 is 0 Å². The third kappa shape index (κ3) is 1.73. The Morgan fingerprint density at radius 3 is 2.71 bits per heavy atom. The van der Waals surface area contributed by atoms with E-state index < -0.39 is 11.2 Å². The molecule has 17 heavy (non-hydrogen) atoms. The number of nitrogens with one attached hydrogen (secondary N) is 1. The van der Waals surface area contributed by atoms with Gasteiger partial charge in [0, 0.05) is 6.20 Å². The molecule has 0 atom stereocenters. The lowest BCUT2D eigenvalue weighted by Crippen LogP contribution is -2.30. The molecule has 6 heteroatoms. The average molecular weight is 233 g/mol. The maximum Gasteiger partial charge on any atom is 0.335 e.